The first kappa shape index (κ1) is 16.5. The van der Waals surface area contributed by atoms with Crippen molar-refractivity contribution in [2.75, 3.05) is 18.4 Å². The van der Waals surface area contributed by atoms with Gasteiger partial charge in [0.15, 0.2) is 0 Å². The van der Waals surface area contributed by atoms with Crippen LogP contribution in [-0.4, -0.2) is 50.4 Å². The van der Waals surface area contributed by atoms with Gasteiger partial charge in [-0.1, -0.05) is 11.6 Å². The zero-order valence-electron chi connectivity index (χ0n) is 14.2. The summed E-state index contributed by atoms with van der Waals surface area (Å²) in [6.45, 7) is 4.24. The second-order valence-electron chi connectivity index (χ2n) is 6.99. The Balaban J connectivity index is 1.49. The number of anilines is 1. The van der Waals surface area contributed by atoms with Crippen molar-refractivity contribution >= 4 is 17.4 Å². The fourth-order valence-corrected chi connectivity index (χ4v) is 3.66. The van der Waals surface area contributed by atoms with Crippen LogP contribution in [0.15, 0.2) is 18.3 Å². The SMILES string of the molecule is Cc1cc(NC2CCCN(C3CC3)C2)nnc1-c1ncc(Cl)cc1O. The molecule has 1 aliphatic heterocycles. The van der Waals surface area contributed by atoms with Crippen LogP contribution in [0.2, 0.25) is 5.02 Å². The van der Waals surface area contributed by atoms with Gasteiger partial charge in [-0.15, -0.1) is 10.2 Å². The number of aromatic nitrogens is 3. The summed E-state index contributed by atoms with van der Waals surface area (Å²) >= 11 is 5.84. The van der Waals surface area contributed by atoms with Gasteiger partial charge in [0.2, 0.25) is 0 Å². The quantitative estimate of drug-likeness (QED) is 0.872. The van der Waals surface area contributed by atoms with Gasteiger partial charge in [0.25, 0.3) is 0 Å². The Morgan fingerprint density at radius 3 is 2.76 bits per heavy atom. The summed E-state index contributed by atoms with van der Waals surface area (Å²) in [5.41, 5.74) is 1.89. The fraction of sp³-hybridized carbons (Fsp3) is 0.500. The van der Waals surface area contributed by atoms with Gasteiger partial charge in [-0.05, 0) is 50.8 Å². The Kier molecular flexibility index (Phi) is 4.48. The van der Waals surface area contributed by atoms with E-state index in [9.17, 15) is 5.11 Å². The Bertz CT molecular complexity index is 780. The van der Waals surface area contributed by atoms with E-state index in [0.29, 0.717) is 22.5 Å². The predicted octanol–water partition coefficient (Wildman–Crippen LogP) is 3.24. The topological polar surface area (TPSA) is 74.2 Å². The molecule has 1 aliphatic carbocycles. The van der Waals surface area contributed by atoms with E-state index in [1.807, 2.05) is 13.0 Å². The number of aryl methyl sites for hydroxylation is 1. The minimum absolute atomic E-state index is 0.0120. The van der Waals surface area contributed by atoms with Gasteiger partial charge < -0.3 is 10.4 Å². The molecule has 0 amide bonds. The van der Waals surface area contributed by atoms with Crippen LogP contribution in [0, 0.1) is 6.92 Å². The lowest BCUT2D eigenvalue weighted by Gasteiger charge is -2.33. The Morgan fingerprint density at radius 1 is 1.20 bits per heavy atom. The number of hydrogen-bond donors (Lipinski definition) is 2. The van der Waals surface area contributed by atoms with E-state index in [1.54, 1.807) is 0 Å². The van der Waals surface area contributed by atoms with Gasteiger partial charge in [-0.25, -0.2) is 4.98 Å². The molecule has 1 atom stereocenters. The Morgan fingerprint density at radius 2 is 2.04 bits per heavy atom. The molecule has 2 aromatic heterocycles. The second kappa shape index (κ2) is 6.77. The largest absolute Gasteiger partial charge is 0.506 e. The van der Waals surface area contributed by atoms with Crippen molar-refractivity contribution in [2.45, 2.75) is 44.7 Å². The molecular weight excluding hydrogens is 338 g/mol. The van der Waals surface area contributed by atoms with Crippen molar-refractivity contribution in [3.8, 4) is 17.1 Å². The van der Waals surface area contributed by atoms with Crippen molar-refractivity contribution in [1.29, 1.82) is 0 Å². The smallest absolute Gasteiger partial charge is 0.149 e. The fourth-order valence-electron chi connectivity index (χ4n) is 3.51. The van der Waals surface area contributed by atoms with Crippen molar-refractivity contribution in [3.05, 3.63) is 28.9 Å². The number of rotatable bonds is 4. The molecule has 132 valence electrons. The number of pyridine rings is 1. The normalized spacial score (nSPS) is 21.3. The van der Waals surface area contributed by atoms with Crippen molar-refractivity contribution in [1.82, 2.24) is 20.1 Å². The van der Waals surface area contributed by atoms with Gasteiger partial charge in [-0.3, -0.25) is 4.90 Å². The molecule has 6 nitrogen and oxygen atoms in total. The van der Waals surface area contributed by atoms with Crippen molar-refractivity contribution in [3.63, 3.8) is 0 Å². The van der Waals surface area contributed by atoms with Crippen molar-refractivity contribution in [2.24, 2.45) is 0 Å². The van der Waals surface area contributed by atoms with E-state index >= 15 is 0 Å². The number of nitrogens with zero attached hydrogens (tertiary/aromatic N) is 4. The van der Waals surface area contributed by atoms with Gasteiger partial charge in [0.05, 0.1) is 5.02 Å². The van der Waals surface area contributed by atoms with E-state index in [-0.39, 0.29) is 5.75 Å². The highest BCUT2D eigenvalue weighted by Crippen LogP contribution is 2.31. The van der Waals surface area contributed by atoms with E-state index in [1.165, 1.54) is 38.1 Å². The molecule has 2 aromatic rings. The average molecular weight is 360 g/mol. The monoisotopic (exact) mass is 359 g/mol. The minimum Gasteiger partial charge on any atom is -0.506 e. The molecule has 0 aromatic carbocycles. The van der Waals surface area contributed by atoms with Crippen molar-refractivity contribution < 1.29 is 5.11 Å². The maximum Gasteiger partial charge on any atom is 0.149 e. The highest BCUT2D eigenvalue weighted by atomic mass is 35.5. The average Bonchev–Trinajstić information content (AvgIpc) is 3.41. The first-order valence-corrected chi connectivity index (χ1v) is 9.18. The molecule has 0 bridgehead atoms. The summed E-state index contributed by atoms with van der Waals surface area (Å²) in [5, 5.41) is 22.5. The lowest BCUT2D eigenvalue weighted by molar-refractivity contribution is 0.207. The van der Waals surface area contributed by atoms with Crippen LogP contribution in [0.1, 0.15) is 31.2 Å². The minimum atomic E-state index is 0.0120. The van der Waals surface area contributed by atoms with Crippen LogP contribution < -0.4 is 5.32 Å². The summed E-state index contributed by atoms with van der Waals surface area (Å²) in [6.07, 6.45) is 6.57. The second-order valence-corrected chi connectivity index (χ2v) is 7.43. The number of aromatic hydroxyl groups is 1. The third-order valence-electron chi connectivity index (χ3n) is 4.91. The number of piperidine rings is 1. The highest BCUT2D eigenvalue weighted by molar-refractivity contribution is 6.30. The molecule has 3 heterocycles. The lowest BCUT2D eigenvalue weighted by atomic mass is 10.1. The van der Waals surface area contributed by atoms with Crippen LogP contribution in [-0.2, 0) is 0 Å². The van der Waals surface area contributed by atoms with Crippen LogP contribution in [0.3, 0.4) is 0 Å². The first-order chi connectivity index (χ1) is 12.1. The summed E-state index contributed by atoms with van der Waals surface area (Å²) in [7, 11) is 0. The summed E-state index contributed by atoms with van der Waals surface area (Å²) in [4.78, 5) is 6.77. The maximum atomic E-state index is 10.1. The molecule has 25 heavy (non-hydrogen) atoms. The standard InChI is InChI=1S/C18H22ClN5O/c1-11-7-16(21-13-3-2-6-24(10-13)14-4-5-14)22-23-17(11)18-15(25)8-12(19)9-20-18/h7-9,13-14,25H,2-6,10H2,1H3,(H,21,22). The van der Waals surface area contributed by atoms with Crippen LogP contribution in [0.25, 0.3) is 11.4 Å². The number of hydrogen-bond acceptors (Lipinski definition) is 6. The predicted molar refractivity (Wildman–Crippen MR) is 97.9 cm³/mol. The molecule has 2 fully saturated rings. The van der Waals surface area contributed by atoms with Gasteiger partial charge in [-0.2, -0.15) is 0 Å². The number of likely N-dealkylation sites (tertiary alicyclic amines) is 1. The molecular formula is C18H22ClN5O. The summed E-state index contributed by atoms with van der Waals surface area (Å²) in [5.74, 6) is 0.787. The first-order valence-electron chi connectivity index (χ1n) is 8.80. The molecule has 1 unspecified atom stereocenters. The van der Waals surface area contributed by atoms with Crippen LogP contribution >= 0.6 is 11.6 Å². The molecule has 2 N–H and O–H groups in total. The van der Waals surface area contributed by atoms with E-state index in [0.717, 1.165) is 30.4 Å². The molecule has 1 saturated heterocycles. The zero-order chi connectivity index (χ0) is 17.4. The van der Waals surface area contributed by atoms with E-state index in [2.05, 4.69) is 25.4 Å². The third-order valence-corrected chi connectivity index (χ3v) is 5.12. The van der Waals surface area contributed by atoms with Crippen LogP contribution in [0.4, 0.5) is 5.82 Å². The molecule has 1 saturated carbocycles. The van der Waals surface area contributed by atoms with Crippen LogP contribution in [0.5, 0.6) is 5.75 Å². The molecule has 0 radical (unpaired) electrons. The molecule has 4 rings (SSSR count). The lowest BCUT2D eigenvalue weighted by Crippen LogP contribution is -2.43. The molecule has 7 heteroatoms. The molecule has 0 spiro atoms. The van der Waals surface area contributed by atoms with Gasteiger partial charge >= 0.3 is 0 Å². The summed E-state index contributed by atoms with van der Waals surface area (Å²) < 4.78 is 0. The summed E-state index contributed by atoms with van der Waals surface area (Å²) in [6, 6.07) is 4.65. The molecule has 2 aliphatic rings. The van der Waals surface area contributed by atoms with Gasteiger partial charge in [0, 0.05) is 30.9 Å². The number of nitrogens with one attached hydrogen (secondary N) is 1. The number of halogens is 1. The Labute approximate surface area is 152 Å². The highest BCUT2D eigenvalue weighted by Gasteiger charge is 2.32. The van der Waals surface area contributed by atoms with E-state index in [4.69, 9.17) is 11.6 Å². The zero-order valence-corrected chi connectivity index (χ0v) is 15.0. The van der Waals surface area contributed by atoms with Gasteiger partial charge in [0.1, 0.15) is 23.0 Å². The Hall–Kier alpha value is -1.92. The van der Waals surface area contributed by atoms with E-state index < -0.39 is 0 Å². The maximum absolute atomic E-state index is 10.1. The third kappa shape index (κ3) is 3.70.